The van der Waals surface area contributed by atoms with Crippen LogP contribution in [-0.4, -0.2) is 53.6 Å². The van der Waals surface area contributed by atoms with Crippen LogP contribution in [0.3, 0.4) is 0 Å². The minimum Gasteiger partial charge on any atom is -0.374 e. The summed E-state index contributed by atoms with van der Waals surface area (Å²) in [6, 6.07) is 2.03. The molecule has 1 aromatic rings. The molecule has 1 saturated heterocycles. The van der Waals surface area contributed by atoms with E-state index in [4.69, 9.17) is 4.74 Å². The van der Waals surface area contributed by atoms with Gasteiger partial charge in [-0.2, -0.15) is 5.10 Å². The van der Waals surface area contributed by atoms with E-state index in [9.17, 15) is 0 Å². The zero-order valence-electron chi connectivity index (χ0n) is 10.7. The largest absolute Gasteiger partial charge is 0.374 e. The van der Waals surface area contributed by atoms with Gasteiger partial charge in [0, 0.05) is 39.4 Å². The Kier molecular flexibility index (Phi) is 4.53. The van der Waals surface area contributed by atoms with Crippen LogP contribution in [0, 0.1) is 0 Å². The molecule has 17 heavy (non-hydrogen) atoms. The maximum atomic E-state index is 5.72. The lowest BCUT2D eigenvalue weighted by molar-refractivity contribution is -0.0254. The average molecular weight is 238 g/mol. The van der Waals surface area contributed by atoms with Gasteiger partial charge in [-0.3, -0.25) is 9.58 Å². The number of ether oxygens (including phenoxy) is 1. The molecule has 0 bridgehead atoms. The first-order valence-electron chi connectivity index (χ1n) is 6.31. The third-order valence-electron chi connectivity index (χ3n) is 3.12. The Bertz CT molecular complexity index is 339. The fourth-order valence-electron chi connectivity index (χ4n) is 2.11. The molecule has 1 aromatic heterocycles. The zero-order chi connectivity index (χ0) is 12.1. The van der Waals surface area contributed by atoms with E-state index in [0.29, 0.717) is 6.10 Å². The average Bonchev–Trinajstić information content (AvgIpc) is 2.75. The summed E-state index contributed by atoms with van der Waals surface area (Å²) in [5.74, 6) is 0. The van der Waals surface area contributed by atoms with Gasteiger partial charge in [-0.1, -0.05) is 6.92 Å². The van der Waals surface area contributed by atoms with Crippen molar-refractivity contribution in [1.82, 2.24) is 20.0 Å². The molecule has 1 aliphatic heterocycles. The number of aromatic nitrogens is 2. The Morgan fingerprint density at radius 2 is 2.47 bits per heavy atom. The highest BCUT2D eigenvalue weighted by Crippen LogP contribution is 2.04. The Balaban J connectivity index is 1.68. The standard InChI is InChI=1S/C12H22N4O/c1-3-16-6-7-17-12(10-16)9-13-8-11-4-5-15(2)14-11/h4-5,12-13H,3,6-10H2,1-2H3. The van der Waals surface area contributed by atoms with E-state index in [1.807, 2.05) is 24.0 Å². The first kappa shape index (κ1) is 12.5. The molecule has 0 radical (unpaired) electrons. The topological polar surface area (TPSA) is 42.3 Å². The van der Waals surface area contributed by atoms with Crippen molar-refractivity contribution < 1.29 is 4.74 Å². The minimum atomic E-state index is 0.312. The molecule has 5 nitrogen and oxygen atoms in total. The number of morpholine rings is 1. The van der Waals surface area contributed by atoms with E-state index < -0.39 is 0 Å². The summed E-state index contributed by atoms with van der Waals surface area (Å²) in [6.07, 6.45) is 2.28. The van der Waals surface area contributed by atoms with E-state index in [1.54, 1.807) is 0 Å². The Labute approximate surface area is 103 Å². The second kappa shape index (κ2) is 6.14. The van der Waals surface area contributed by atoms with Crippen LogP contribution >= 0.6 is 0 Å². The number of nitrogens with one attached hydrogen (secondary N) is 1. The molecular weight excluding hydrogens is 216 g/mol. The quantitative estimate of drug-likeness (QED) is 0.797. The summed E-state index contributed by atoms with van der Waals surface area (Å²) in [5.41, 5.74) is 1.08. The highest BCUT2D eigenvalue weighted by molar-refractivity contribution is 4.97. The van der Waals surface area contributed by atoms with Gasteiger partial charge in [-0.15, -0.1) is 0 Å². The fraction of sp³-hybridized carbons (Fsp3) is 0.750. The van der Waals surface area contributed by atoms with Crippen LogP contribution in [0.25, 0.3) is 0 Å². The van der Waals surface area contributed by atoms with E-state index in [1.165, 1.54) is 0 Å². The molecule has 1 unspecified atom stereocenters. The number of hydrogen-bond acceptors (Lipinski definition) is 4. The predicted molar refractivity (Wildman–Crippen MR) is 66.8 cm³/mol. The van der Waals surface area contributed by atoms with Gasteiger partial charge in [-0.25, -0.2) is 0 Å². The highest BCUT2D eigenvalue weighted by Gasteiger charge is 2.18. The second-order valence-electron chi connectivity index (χ2n) is 4.50. The lowest BCUT2D eigenvalue weighted by atomic mass is 10.2. The molecule has 96 valence electrons. The summed E-state index contributed by atoms with van der Waals surface area (Å²) in [7, 11) is 1.94. The summed E-state index contributed by atoms with van der Waals surface area (Å²) in [4.78, 5) is 2.43. The molecule has 5 heteroatoms. The van der Waals surface area contributed by atoms with Crippen LogP contribution < -0.4 is 5.32 Å². The van der Waals surface area contributed by atoms with Gasteiger partial charge in [-0.05, 0) is 12.6 Å². The van der Waals surface area contributed by atoms with Crippen molar-refractivity contribution in [2.75, 3.05) is 32.8 Å². The maximum Gasteiger partial charge on any atom is 0.0826 e. The van der Waals surface area contributed by atoms with Crippen molar-refractivity contribution in [2.45, 2.75) is 19.6 Å². The van der Waals surface area contributed by atoms with Crippen LogP contribution in [-0.2, 0) is 18.3 Å². The Morgan fingerprint density at radius 1 is 1.59 bits per heavy atom. The number of hydrogen-bond donors (Lipinski definition) is 1. The highest BCUT2D eigenvalue weighted by atomic mass is 16.5. The Morgan fingerprint density at radius 3 is 3.18 bits per heavy atom. The smallest absolute Gasteiger partial charge is 0.0826 e. The SMILES string of the molecule is CCN1CCOC(CNCc2ccn(C)n2)C1. The van der Waals surface area contributed by atoms with Crippen LogP contribution in [0.15, 0.2) is 12.3 Å². The molecular formula is C12H22N4O. The van der Waals surface area contributed by atoms with Crippen LogP contribution in [0.5, 0.6) is 0 Å². The minimum absolute atomic E-state index is 0.312. The monoisotopic (exact) mass is 238 g/mol. The lowest BCUT2D eigenvalue weighted by Gasteiger charge is -2.32. The second-order valence-corrected chi connectivity index (χ2v) is 4.50. The van der Waals surface area contributed by atoms with E-state index in [0.717, 1.165) is 45.0 Å². The fourth-order valence-corrected chi connectivity index (χ4v) is 2.11. The van der Waals surface area contributed by atoms with Crippen molar-refractivity contribution in [1.29, 1.82) is 0 Å². The summed E-state index contributed by atoms with van der Waals surface area (Å²) in [5, 5.41) is 7.73. The van der Waals surface area contributed by atoms with Crippen LogP contribution in [0.1, 0.15) is 12.6 Å². The van der Waals surface area contributed by atoms with Crippen molar-refractivity contribution in [3.8, 4) is 0 Å². The zero-order valence-corrected chi connectivity index (χ0v) is 10.7. The van der Waals surface area contributed by atoms with Crippen LogP contribution in [0.4, 0.5) is 0 Å². The van der Waals surface area contributed by atoms with Crippen molar-refractivity contribution in [3.63, 3.8) is 0 Å². The van der Waals surface area contributed by atoms with Gasteiger partial charge in [0.25, 0.3) is 0 Å². The first-order valence-corrected chi connectivity index (χ1v) is 6.31. The van der Waals surface area contributed by atoms with E-state index in [-0.39, 0.29) is 0 Å². The summed E-state index contributed by atoms with van der Waals surface area (Å²) in [6.45, 7) is 7.96. The third kappa shape index (κ3) is 3.80. The van der Waals surface area contributed by atoms with Gasteiger partial charge < -0.3 is 10.1 Å². The molecule has 0 spiro atoms. The molecule has 1 N–H and O–H groups in total. The Hall–Kier alpha value is -0.910. The van der Waals surface area contributed by atoms with Gasteiger partial charge in [0.1, 0.15) is 0 Å². The number of aryl methyl sites for hydroxylation is 1. The predicted octanol–water partition coefficient (Wildman–Crippen LogP) is 0.230. The van der Waals surface area contributed by atoms with Gasteiger partial charge in [0.15, 0.2) is 0 Å². The molecule has 1 fully saturated rings. The number of nitrogens with zero attached hydrogens (tertiary/aromatic N) is 3. The van der Waals surface area contributed by atoms with Crippen LogP contribution in [0.2, 0.25) is 0 Å². The van der Waals surface area contributed by atoms with Crippen molar-refractivity contribution in [3.05, 3.63) is 18.0 Å². The van der Waals surface area contributed by atoms with Gasteiger partial charge >= 0.3 is 0 Å². The van der Waals surface area contributed by atoms with E-state index >= 15 is 0 Å². The van der Waals surface area contributed by atoms with E-state index in [2.05, 4.69) is 22.2 Å². The molecule has 0 aromatic carbocycles. The number of rotatable bonds is 5. The third-order valence-corrected chi connectivity index (χ3v) is 3.12. The van der Waals surface area contributed by atoms with Crippen molar-refractivity contribution >= 4 is 0 Å². The molecule has 0 amide bonds. The normalized spacial score (nSPS) is 21.9. The molecule has 2 heterocycles. The molecule has 0 saturated carbocycles. The molecule has 2 rings (SSSR count). The first-order chi connectivity index (χ1) is 8.28. The molecule has 1 atom stereocenters. The molecule has 0 aliphatic carbocycles. The lowest BCUT2D eigenvalue weighted by Crippen LogP contribution is -2.46. The summed E-state index contributed by atoms with van der Waals surface area (Å²) >= 11 is 0. The van der Waals surface area contributed by atoms with Gasteiger partial charge in [0.2, 0.25) is 0 Å². The number of likely N-dealkylation sites (N-methyl/N-ethyl adjacent to an activating group) is 1. The summed E-state index contributed by atoms with van der Waals surface area (Å²) < 4.78 is 7.55. The maximum absolute atomic E-state index is 5.72. The van der Waals surface area contributed by atoms with Crippen molar-refractivity contribution in [2.24, 2.45) is 7.05 Å². The molecule has 1 aliphatic rings. The van der Waals surface area contributed by atoms with Gasteiger partial charge in [0.05, 0.1) is 18.4 Å².